The number of hydrogen-bond acceptors (Lipinski definition) is 15. The Morgan fingerprint density at radius 2 is 1.14 bits per heavy atom. The number of esters is 2. The van der Waals surface area contributed by atoms with Crippen LogP contribution in [0, 0.1) is 13.8 Å². The van der Waals surface area contributed by atoms with Crippen molar-refractivity contribution in [1.29, 1.82) is 0 Å². The Balaban J connectivity index is 0.000000182. The summed E-state index contributed by atoms with van der Waals surface area (Å²) in [5.41, 5.74) is 5.86. The molecule has 0 amide bonds. The summed E-state index contributed by atoms with van der Waals surface area (Å²) in [7, 11) is 3.22. The van der Waals surface area contributed by atoms with Crippen molar-refractivity contribution >= 4 is 18.2 Å². The van der Waals surface area contributed by atoms with Crippen LogP contribution >= 0.6 is 0 Å². The largest absolute Gasteiger partial charge is 0.497 e. The van der Waals surface area contributed by atoms with Crippen LogP contribution in [-0.4, -0.2) is 76.6 Å². The predicted molar refractivity (Wildman–Crippen MR) is 244 cm³/mol. The third-order valence-corrected chi connectivity index (χ3v) is 11.7. The molecule has 4 aromatic rings. The zero-order valence-electron chi connectivity index (χ0n) is 40.1. The summed E-state index contributed by atoms with van der Waals surface area (Å²) in [4.78, 5) is 35.7. The highest BCUT2D eigenvalue weighted by Gasteiger charge is 2.57. The van der Waals surface area contributed by atoms with Crippen molar-refractivity contribution in [3.05, 3.63) is 106 Å². The lowest BCUT2D eigenvalue weighted by Crippen LogP contribution is -2.59. The molecule has 0 aliphatic carbocycles. The zero-order chi connectivity index (χ0) is 47.9. The van der Waals surface area contributed by atoms with Crippen molar-refractivity contribution in [2.75, 3.05) is 14.2 Å². The molecule has 0 spiro atoms. The van der Waals surface area contributed by atoms with Gasteiger partial charge in [0, 0.05) is 47.1 Å². The quantitative estimate of drug-likeness (QED) is 0.0895. The van der Waals surface area contributed by atoms with E-state index in [1.165, 1.54) is 5.01 Å². The first-order chi connectivity index (χ1) is 30.2. The first kappa shape index (κ1) is 48.6. The van der Waals surface area contributed by atoms with Crippen molar-refractivity contribution in [3.8, 4) is 34.5 Å². The molecule has 8 rings (SSSR count). The summed E-state index contributed by atoms with van der Waals surface area (Å²) < 4.78 is 44.5. The van der Waals surface area contributed by atoms with E-state index in [4.69, 9.17) is 43.7 Å². The van der Waals surface area contributed by atoms with E-state index in [2.05, 4.69) is 5.43 Å². The number of benzene rings is 4. The van der Waals surface area contributed by atoms with Crippen LogP contribution in [0.2, 0.25) is 0 Å². The number of rotatable bonds is 10. The Labute approximate surface area is 382 Å². The number of hydrogen-bond donors (Lipinski definition) is 2. The van der Waals surface area contributed by atoms with Crippen LogP contribution in [0.1, 0.15) is 107 Å². The zero-order valence-corrected chi connectivity index (χ0v) is 40.1. The molecule has 0 saturated carbocycles. The molecule has 3 N–H and O–H groups in total. The number of nitrogens with two attached hydrogens (primary N) is 1. The Hall–Kier alpha value is -5.87. The number of aryl methyl sites for hydroxylation is 2. The summed E-state index contributed by atoms with van der Waals surface area (Å²) in [6.45, 7) is 23.1. The SMILES string of the molecule is CC1(C)Oc2ccc(C[C@@]3(C)C(=O)OC(C)(C)N3N)cc2O1.COc1cc(C)ccc1C=O.COc1ccc(CNN2C(C)(C)OC(=O)[C@]2(C)Cc2ccc3c(c2)OC(C)(C)O3)c(C)c1. The molecular formula is C50H64N4O11. The molecule has 2 fully saturated rings. The van der Waals surface area contributed by atoms with E-state index in [1.54, 1.807) is 41.1 Å². The third-order valence-electron chi connectivity index (χ3n) is 11.7. The minimum absolute atomic E-state index is 0.264. The second-order valence-electron chi connectivity index (χ2n) is 19.0. The lowest BCUT2D eigenvalue weighted by molar-refractivity contribution is -0.152. The number of ether oxygens (including phenoxy) is 8. The standard InChI is InChI=1S/C25H32N2O5.C16H22N2O4.C9H10O2/c1-16-12-19(29-7)10-9-18(16)15-26-27-23(2,3)32-22(28)25(27,6)14-17-8-11-20-21(13-17)31-24(4,5)30-20;1-14(2)18(17)16(5,13(19)22-14)9-10-6-7-11-12(8-10)21-15(3,4)20-11;1-7-3-4-8(6-10)9(5-7)11-2/h8-13,26H,14-15H2,1-7H3;6-8H,9,17H2,1-5H3;3-6H,1-2H3/t25-;16-;/m00./s1. The second-order valence-corrected chi connectivity index (χ2v) is 19.0. The Morgan fingerprint density at radius 3 is 1.63 bits per heavy atom. The Kier molecular flexibility index (Phi) is 13.3. The highest BCUT2D eigenvalue weighted by atomic mass is 16.7. The van der Waals surface area contributed by atoms with Crippen molar-refractivity contribution in [2.45, 2.75) is 137 Å². The molecule has 15 nitrogen and oxygen atoms in total. The fourth-order valence-electron chi connectivity index (χ4n) is 8.44. The van der Waals surface area contributed by atoms with Crippen LogP contribution in [0.15, 0.2) is 72.8 Å². The number of cyclic esters (lactones) is 2. The van der Waals surface area contributed by atoms with E-state index < -0.39 is 34.1 Å². The molecule has 15 heteroatoms. The molecule has 0 bridgehead atoms. The van der Waals surface area contributed by atoms with Gasteiger partial charge in [0.1, 0.15) is 22.6 Å². The predicted octanol–water partition coefficient (Wildman–Crippen LogP) is 7.89. The van der Waals surface area contributed by atoms with Gasteiger partial charge in [-0.05, 0) is 132 Å². The number of hydrazine groups is 2. The molecule has 0 radical (unpaired) electrons. The summed E-state index contributed by atoms with van der Waals surface area (Å²) in [5, 5.41) is 3.41. The van der Waals surface area contributed by atoms with E-state index in [0.717, 1.165) is 39.9 Å². The van der Waals surface area contributed by atoms with Crippen LogP contribution in [-0.2, 0) is 38.4 Å². The van der Waals surface area contributed by atoms with Gasteiger partial charge in [-0.25, -0.2) is 15.0 Å². The van der Waals surface area contributed by atoms with Crippen LogP contribution in [0.3, 0.4) is 0 Å². The maximum Gasteiger partial charge on any atom is 0.329 e. The first-order valence-corrected chi connectivity index (χ1v) is 21.6. The van der Waals surface area contributed by atoms with Crippen molar-refractivity contribution < 1.29 is 52.3 Å². The molecule has 65 heavy (non-hydrogen) atoms. The average molecular weight is 897 g/mol. The number of nitrogens with one attached hydrogen (secondary N) is 1. The Morgan fingerprint density at radius 1 is 0.615 bits per heavy atom. The van der Waals surface area contributed by atoms with Crippen molar-refractivity contribution in [3.63, 3.8) is 0 Å². The molecular weight excluding hydrogens is 833 g/mol. The van der Waals surface area contributed by atoms with Gasteiger partial charge in [0.25, 0.3) is 0 Å². The van der Waals surface area contributed by atoms with Crippen LogP contribution in [0.5, 0.6) is 34.5 Å². The molecule has 0 unspecified atom stereocenters. The molecule has 2 atom stereocenters. The lowest BCUT2D eigenvalue weighted by Gasteiger charge is -2.37. The summed E-state index contributed by atoms with van der Waals surface area (Å²) in [6, 6.07) is 22.9. The first-order valence-electron chi connectivity index (χ1n) is 21.6. The minimum atomic E-state index is -0.910. The van der Waals surface area contributed by atoms with Crippen molar-refractivity contribution in [2.24, 2.45) is 5.84 Å². The molecule has 350 valence electrons. The average Bonchev–Trinajstić information content (AvgIpc) is 3.81. The molecule has 4 heterocycles. The maximum absolute atomic E-state index is 13.0. The van der Waals surface area contributed by atoms with Gasteiger partial charge in [0.2, 0.25) is 11.6 Å². The summed E-state index contributed by atoms with van der Waals surface area (Å²) in [6.07, 6.45) is 1.68. The normalized spacial score (nSPS) is 22.8. The van der Waals surface area contributed by atoms with Gasteiger partial charge in [0.05, 0.1) is 19.8 Å². The smallest absolute Gasteiger partial charge is 0.329 e. The highest BCUT2D eigenvalue weighted by Crippen LogP contribution is 2.44. The van der Waals surface area contributed by atoms with Crippen LogP contribution in [0.4, 0.5) is 0 Å². The van der Waals surface area contributed by atoms with E-state index in [0.29, 0.717) is 53.7 Å². The molecule has 4 aromatic carbocycles. The van der Waals surface area contributed by atoms with Gasteiger partial charge in [0.15, 0.2) is 40.7 Å². The molecule has 0 aromatic heterocycles. The maximum atomic E-state index is 13.0. The topological polar surface area (TPSA) is 170 Å². The van der Waals surface area contributed by atoms with Gasteiger partial charge >= 0.3 is 11.9 Å². The number of carbonyl (C=O) groups excluding carboxylic acids is 3. The van der Waals surface area contributed by atoms with Gasteiger partial charge in [-0.3, -0.25) is 10.6 Å². The molecule has 4 aliphatic heterocycles. The van der Waals surface area contributed by atoms with Gasteiger partial charge in [-0.15, -0.1) is 0 Å². The number of aldehydes is 1. The van der Waals surface area contributed by atoms with E-state index >= 15 is 0 Å². The van der Waals surface area contributed by atoms with E-state index in [9.17, 15) is 14.4 Å². The summed E-state index contributed by atoms with van der Waals surface area (Å²) >= 11 is 0. The van der Waals surface area contributed by atoms with Crippen molar-refractivity contribution in [1.82, 2.24) is 15.4 Å². The third kappa shape index (κ3) is 10.3. The van der Waals surface area contributed by atoms with Gasteiger partial charge in [-0.2, -0.15) is 10.0 Å². The second kappa shape index (κ2) is 17.8. The molecule has 4 aliphatic rings. The fraction of sp³-hybridized carbons (Fsp3) is 0.460. The molecule has 2 saturated heterocycles. The highest BCUT2D eigenvalue weighted by molar-refractivity contribution is 5.84. The number of carbonyl (C=O) groups is 3. The van der Waals surface area contributed by atoms with Gasteiger partial charge < -0.3 is 37.9 Å². The van der Waals surface area contributed by atoms with Crippen LogP contribution in [0.25, 0.3) is 0 Å². The Bertz CT molecular complexity index is 2450. The number of methoxy groups -OCH3 is 2. The van der Waals surface area contributed by atoms with E-state index in [-0.39, 0.29) is 11.9 Å². The minimum Gasteiger partial charge on any atom is -0.497 e. The summed E-state index contributed by atoms with van der Waals surface area (Å²) in [5.74, 6) is 8.42. The van der Waals surface area contributed by atoms with Gasteiger partial charge in [-0.1, -0.05) is 24.3 Å². The van der Waals surface area contributed by atoms with Crippen LogP contribution < -0.4 is 39.7 Å². The number of nitrogens with zero attached hydrogens (tertiary/aromatic N) is 2. The monoisotopic (exact) mass is 896 g/mol. The fourth-order valence-corrected chi connectivity index (χ4v) is 8.44. The van der Waals surface area contributed by atoms with E-state index in [1.807, 2.05) is 134 Å². The lowest BCUT2D eigenvalue weighted by atomic mass is 9.92. The number of fused-ring (bicyclic) bond motifs is 2.